The van der Waals surface area contributed by atoms with Crippen molar-refractivity contribution in [2.24, 2.45) is 17.8 Å². The van der Waals surface area contributed by atoms with Crippen LogP contribution >= 0.6 is 0 Å². The van der Waals surface area contributed by atoms with Gasteiger partial charge in [-0.2, -0.15) is 0 Å². The fourth-order valence-corrected chi connectivity index (χ4v) is 14.9. The van der Waals surface area contributed by atoms with Crippen molar-refractivity contribution in [2.75, 3.05) is 9.80 Å². The third-order valence-corrected chi connectivity index (χ3v) is 17.7. The fraction of sp³-hybridized carbons (Fsp3) is 0.194. The lowest BCUT2D eigenvalue weighted by Crippen LogP contribution is -2.61. The molecule has 71 heavy (non-hydrogen) atoms. The zero-order valence-corrected chi connectivity index (χ0v) is 40.6. The Labute approximate surface area is 418 Å². The highest BCUT2D eigenvalue weighted by atomic mass is 15.2. The van der Waals surface area contributed by atoms with Gasteiger partial charge in [0.1, 0.15) is 0 Å². The second kappa shape index (κ2) is 15.7. The van der Waals surface area contributed by atoms with Crippen LogP contribution in [0.1, 0.15) is 69.4 Å². The molecule has 3 heterocycles. The van der Waals surface area contributed by atoms with Crippen LogP contribution in [0.3, 0.4) is 0 Å². The number of anilines is 6. The molecule has 4 fully saturated rings. The molecule has 10 aromatic rings. The Morgan fingerprint density at radius 1 is 0.423 bits per heavy atom. The zero-order chi connectivity index (χ0) is 47.0. The molecule has 4 heteroatoms. The second-order valence-corrected chi connectivity index (χ2v) is 22.1. The maximum atomic E-state index is 2.63. The maximum absolute atomic E-state index is 2.63. The summed E-state index contributed by atoms with van der Waals surface area (Å²) in [6.45, 7) is 4.71. The average Bonchev–Trinajstić information content (AvgIpc) is 3.74. The summed E-state index contributed by atoms with van der Waals surface area (Å²) in [6.07, 6.45) is 8.52. The van der Waals surface area contributed by atoms with E-state index in [9.17, 15) is 0 Å². The lowest BCUT2D eigenvalue weighted by Gasteiger charge is -2.57. The van der Waals surface area contributed by atoms with Crippen LogP contribution in [0, 0.1) is 17.8 Å². The predicted octanol–water partition coefficient (Wildman–Crippen LogP) is 15.8. The van der Waals surface area contributed by atoms with Gasteiger partial charge in [0.05, 0.1) is 11.0 Å². The van der Waals surface area contributed by atoms with E-state index in [-0.39, 0.29) is 6.71 Å². The average molecular weight is 914 g/mol. The van der Waals surface area contributed by atoms with Crippen molar-refractivity contribution in [3.63, 3.8) is 0 Å². The van der Waals surface area contributed by atoms with Crippen molar-refractivity contribution in [1.82, 2.24) is 4.57 Å². The Bertz CT molecular complexity index is 3680. The maximum Gasteiger partial charge on any atom is 0.252 e. The Kier molecular flexibility index (Phi) is 9.14. The number of hydrogen-bond donors (Lipinski definition) is 0. The van der Waals surface area contributed by atoms with Crippen molar-refractivity contribution in [1.29, 1.82) is 0 Å². The van der Waals surface area contributed by atoms with E-state index < -0.39 is 0 Å². The largest absolute Gasteiger partial charge is 0.311 e. The van der Waals surface area contributed by atoms with Crippen molar-refractivity contribution in [2.45, 2.75) is 63.7 Å². The molecule has 2 aliphatic heterocycles. The molecule has 3 nitrogen and oxygen atoms in total. The second-order valence-electron chi connectivity index (χ2n) is 22.1. The molecule has 0 atom stereocenters. The van der Waals surface area contributed by atoms with Crippen LogP contribution < -0.4 is 26.2 Å². The molecule has 0 spiro atoms. The molecule has 16 rings (SSSR count). The highest BCUT2D eigenvalue weighted by Gasteiger charge is 2.52. The van der Waals surface area contributed by atoms with Gasteiger partial charge in [-0.3, -0.25) is 0 Å². The van der Waals surface area contributed by atoms with Crippen LogP contribution in [0.25, 0.3) is 49.7 Å². The summed E-state index contributed by atoms with van der Waals surface area (Å²) in [5.41, 5.74) is 23.2. The Balaban J connectivity index is 0.942. The number of aromatic nitrogens is 1. The normalized spacial score (nSPS) is 20.4. The van der Waals surface area contributed by atoms with E-state index in [4.69, 9.17) is 0 Å². The number of rotatable bonds is 7. The van der Waals surface area contributed by atoms with E-state index in [1.807, 2.05) is 0 Å². The fourth-order valence-electron chi connectivity index (χ4n) is 14.9. The van der Waals surface area contributed by atoms with Crippen molar-refractivity contribution in [3.8, 4) is 27.9 Å². The highest BCUT2D eigenvalue weighted by molar-refractivity contribution is 7.00. The molecule has 6 aliphatic rings. The van der Waals surface area contributed by atoms with Crippen LogP contribution in [0.2, 0.25) is 0 Å². The Morgan fingerprint density at radius 2 is 0.930 bits per heavy atom. The van der Waals surface area contributed by atoms with E-state index in [0.717, 1.165) is 29.1 Å². The number of benzene rings is 9. The van der Waals surface area contributed by atoms with Gasteiger partial charge in [0.2, 0.25) is 0 Å². The van der Waals surface area contributed by atoms with Gasteiger partial charge in [0.15, 0.2) is 0 Å². The number of para-hydroxylation sites is 2. The molecule has 0 radical (unpaired) electrons. The van der Waals surface area contributed by atoms with Gasteiger partial charge >= 0.3 is 0 Å². The first kappa shape index (κ1) is 41.2. The van der Waals surface area contributed by atoms with Gasteiger partial charge in [-0.1, -0.05) is 147 Å². The molecule has 0 saturated heterocycles. The van der Waals surface area contributed by atoms with Gasteiger partial charge in [-0.05, 0) is 190 Å². The minimum atomic E-state index is 0.0298. The third-order valence-electron chi connectivity index (χ3n) is 17.7. The first-order valence-electron chi connectivity index (χ1n) is 26.3. The molecule has 4 aliphatic carbocycles. The molecule has 4 bridgehead atoms. The minimum Gasteiger partial charge on any atom is -0.311 e. The molecule has 4 saturated carbocycles. The van der Waals surface area contributed by atoms with E-state index in [1.54, 1.807) is 5.56 Å². The van der Waals surface area contributed by atoms with Crippen molar-refractivity contribution in [3.05, 3.63) is 217 Å². The van der Waals surface area contributed by atoms with Gasteiger partial charge in [0, 0.05) is 50.6 Å². The Morgan fingerprint density at radius 3 is 1.55 bits per heavy atom. The summed E-state index contributed by atoms with van der Waals surface area (Å²) in [5.74, 6) is 3.05. The van der Waals surface area contributed by atoms with E-state index in [0.29, 0.717) is 11.3 Å². The van der Waals surface area contributed by atoms with E-state index in [2.05, 4.69) is 234 Å². The molecule has 0 N–H and O–H groups in total. The SMILES string of the molecule is CC(C)c1cc2c3c(c1)N(c1ccc(-c4ccccc4)cc1)c1cc(-n4c5ccccc5c5cc(C67CC8CC(CC(C8)C6)C7)ccc54)ccc1B3c1ccccc1N2c1ccc(-c2ccccc2)cc1. The topological polar surface area (TPSA) is 11.4 Å². The first-order chi connectivity index (χ1) is 34.9. The van der Waals surface area contributed by atoms with Gasteiger partial charge in [-0.15, -0.1) is 0 Å². The van der Waals surface area contributed by atoms with Crippen molar-refractivity contribution < 1.29 is 0 Å². The summed E-state index contributed by atoms with van der Waals surface area (Å²) < 4.78 is 2.56. The molecule has 0 amide bonds. The standard InChI is InChI=1S/C67H56BN3/c1-43(2)51-36-64-66-65(37-51)70(54-28-23-50(24-29-54)48-15-7-4-8-16-48)63-39-55(30-31-59(63)68(66)58-18-10-12-20-62(58)69(64)53-26-21-49(22-27-53)47-13-5-3-6-14-47)71-60-19-11-9-17-56(60)57-38-52(25-32-61(57)71)67-40-44-33-45(41-67)35-46(34-44)42-67/h3-32,36-39,43-46H,33-35,40-42H2,1-2H3. The summed E-state index contributed by atoms with van der Waals surface area (Å²) in [4.78, 5) is 5.13. The third kappa shape index (κ3) is 6.36. The Hall–Kier alpha value is -7.56. The molecule has 9 aromatic carbocycles. The summed E-state index contributed by atoms with van der Waals surface area (Å²) in [5, 5.41) is 2.73. The first-order valence-corrected chi connectivity index (χ1v) is 26.3. The quantitative estimate of drug-likeness (QED) is 0.148. The van der Waals surface area contributed by atoms with Crippen LogP contribution in [0.4, 0.5) is 34.1 Å². The number of fused-ring (bicyclic) bond motifs is 7. The molecule has 0 unspecified atom stereocenters. The highest BCUT2D eigenvalue weighted by Crippen LogP contribution is 2.61. The zero-order valence-electron chi connectivity index (χ0n) is 40.6. The van der Waals surface area contributed by atoms with E-state index >= 15 is 0 Å². The monoisotopic (exact) mass is 913 g/mol. The van der Waals surface area contributed by atoms with Crippen LogP contribution in [0.15, 0.2) is 206 Å². The van der Waals surface area contributed by atoms with Crippen molar-refractivity contribution >= 4 is 79.0 Å². The smallest absolute Gasteiger partial charge is 0.252 e. The minimum absolute atomic E-state index is 0.0298. The van der Waals surface area contributed by atoms with Crippen LogP contribution in [-0.2, 0) is 5.41 Å². The predicted molar refractivity (Wildman–Crippen MR) is 300 cm³/mol. The van der Waals surface area contributed by atoms with Gasteiger partial charge < -0.3 is 14.4 Å². The summed E-state index contributed by atoms with van der Waals surface area (Å²) in [6, 6.07) is 78.4. The van der Waals surface area contributed by atoms with Gasteiger partial charge in [0.25, 0.3) is 6.71 Å². The molecular weight excluding hydrogens is 858 g/mol. The van der Waals surface area contributed by atoms with Crippen LogP contribution in [0.5, 0.6) is 0 Å². The summed E-state index contributed by atoms with van der Waals surface area (Å²) >= 11 is 0. The van der Waals surface area contributed by atoms with Crippen LogP contribution in [-0.4, -0.2) is 11.3 Å². The lowest BCUT2D eigenvalue weighted by atomic mass is 9.33. The molecule has 342 valence electrons. The van der Waals surface area contributed by atoms with E-state index in [1.165, 1.54) is 133 Å². The molecular formula is C67H56BN3. The lowest BCUT2D eigenvalue weighted by molar-refractivity contribution is -0.00512. The number of hydrogen-bond acceptors (Lipinski definition) is 2. The molecule has 1 aromatic heterocycles. The number of nitrogens with zero attached hydrogens (tertiary/aromatic N) is 3. The van der Waals surface area contributed by atoms with Gasteiger partial charge in [-0.25, -0.2) is 0 Å². The summed E-state index contributed by atoms with van der Waals surface area (Å²) in [7, 11) is 0.